The Bertz CT molecular complexity index is 587. The molecule has 0 spiro atoms. The molecule has 0 aromatic rings. The van der Waals surface area contributed by atoms with Crippen molar-refractivity contribution in [3.05, 3.63) is 0 Å². The Kier molecular flexibility index (Phi) is 5.95. The number of hydrogen-bond acceptors (Lipinski definition) is 2. The molecule has 4 saturated carbocycles. The molecule has 0 aliphatic heterocycles. The lowest BCUT2D eigenvalue weighted by Crippen LogP contribution is -2.66. The molecule has 168 valence electrons. The maximum absolute atomic E-state index is 11.6. The van der Waals surface area contributed by atoms with Gasteiger partial charge in [0.05, 0.1) is 11.7 Å². The molecular weight excluding hydrogens is 356 g/mol. The van der Waals surface area contributed by atoms with Gasteiger partial charge in [-0.2, -0.15) is 0 Å². The predicted octanol–water partition coefficient (Wildman–Crippen LogP) is 6.58. The quantitative estimate of drug-likeness (QED) is 0.543. The minimum atomic E-state index is -0.831. The van der Waals surface area contributed by atoms with Crippen LogP contribution in [0.2, 0.25) is 0 Å². The van der Waals surface area contributed by atoms with E-state index in [0.29, 0.717) is 11.3 Å². The van der Waals surface area contributed by atoms with E-state index in [9.17, 15) is 10.2 Å². The minimum absolute atomic E-state index is 0.0735. The molecule has 29 heavy (non-hydrogen) atoms. The standard InChI is InChI=1S/C27H48O2/c1-18(2)8-6-9-19(3)21-11-12-22-20-13-17-27(29)24(28)10-7-15-26(27,5)23(20)14-16-25(21,22)4/h18-24,28-29H,6-17H2,1-5H3/t19-,20?,21?,22?,23?,24-,25?,26?,27-/m1/s1. The Morgan fingerprint density at radius 1 is 0.862 bits per heavy atom. The van der Waals surface area contributed by atoms with Crippen molar-refractivity contribution in [2.75, 3.05) is 0 Å². The molecule has 6 unspecified atom stereocenters. The van der Waals surface area contributed by atoms with E-state index in [1.165, 1.54) is 44.9 Å². The van der Waals surface area contributed by atoms with Crippen molar-refractivity contribution in [2.24, 2.45) is 46.3 Å². The van der Waals surface area contributed by atoms with E-state index in [4.69, 9.17) is 0 Å². The summed E-state index contributed by atoms with van der Waals surface area (Å²) < 4.78 is 0. The van der Waals surface area contributed by atoms with Gasteiger partial charge in [-0.3, -0.25) is 0 Å². The fraction of sp³-hybridized carbons (Fsp3) is 1.00. The van der Waals surface area contributed by atoms with Crippen LogP contribution in [0.1, 0.15) is 112 Å². The molecule has 2 heteroatoms. The highest BCUT2D eigenvalue weighted by Crippen LogP contribution is 2.69. The number of aliphatic hydroxyl groups excluding tert-OH is 1. The SMILES string of the molecule is CC(C)CCC[C@@H](C)C1CCC2C3CC[C@@]4(O)[C@H](O)CCCC4(C)C3CCC21C. The second kappa shape index (κ2) is 7.80. The van der Waals surface area contributed by atoms with Gasteiger partial charge in [-0.25, -0.2) is 0 Å². The van der Waals surface area contributed by atoms with Crippen LogP contribution in [0.4, 0.5) is 0 Å². The van der Waals surface area contributed by atoms with Crippen molar-refractivity contribution in [1.29, 1.82) is 0 Å². The average Bonchev–Trinajstić information content (AvgIpc) is 3.01. The van der Waals surface area contributed by atoms with Gasteiger partial charge in [-0.1, -0.05) is 60.3 Å². The van der Waals surface area contributed by atoms with Crippen LogP contribution in [0.5, 0.6) is 0 Å². The molecule has 0 heterocycles. The molecule has 0 bridgehead atoms. The monoisotopic (exact) mass is 404 g/mol. The third-order valence-electron chi connectivity index (χ3n) is 11.0. The van der Waals surface area contributed by atoms with Gasteiger partial charge in [0.2, 0.25) is 0 Å². The Labute approximate surface area is 180 Å². The first-order chi connectivity index (χ1) is 13.6. The zero-order valence-corrected chi connectivity index (χ0v) is 19.9. The minimum Gasteiger partial charge on any atom is -0.390 e. The highest BCUT2D eigenvalue weighted by atomic mass is 16.3. The number of aliphatic hydroxyl groups is 2. The summed E-state index contributed by atoms with van der Waals surface area (Å²) in [5, 5.41) is 22.3. The van der Waals surface area contributed by atoms with Crippen LogP contribution in [0.25, 0.3) is 0 Å². The van der Waals surface area contributed by atoms with Crippen molar-refractivity contribution < 1.29 is 10.2 Å². The fourth-order valence-electron chi connectivity index (χ4n) is 9.35. The molecule has 4 aliphatic carbocycles. The molecule has 2 N–H and O–H groups in total. The van der Waals surface area contributed by atoms with E-state index in [1.807, 2.05) is 0 Å². The fourth-order valence-corrected chi connectivity index (χ4v) is 9.35. The van der Waals surface area contributed by atoms with Crippen LogP contribution < -0.4 is 0 Å². The first kappa shape index (κ1) is 22.1. The van der Waals surface area contributed by atoms with Crippen LogP contribution in [-0.4, -0.2) is 21.9 Å². The van der Waals surface area contributed by atoms with Gasteiger partial charge in [0.15, 0.2) is 0 Å². The van der Waals surface area contributed by atoms with Crippen LogP contribution >= 0.6 is 0 Å². The van der Waals surface area contributed by atoms with Gasteiger partial charge in [0.25, 0.3) is 0 Å². The van der Waals surface area contributed by atoms with E-state index in [0.717, 1.165) is 61.7 Å². The lowest BCUT2D eigenvalue weighted by atomic mass is 9.42. The number of fused-ring (bicyclic) bond motifs is 5. The first-order valence-corrected chi connectivity index (χ1v) is 13.0. The van der Waals surface area contributed by atoms with Gasteiger partial charge >= 0.3 is 0 Å². The van der Waals surface area contributed by atoms with E-state index in [2.05, 4.69) is 34.6 Å². The maximum Gasteiger partial charge on any atom is 0.0961 e. The lowest BCUT2D eigenvalue weighted by molar-refractivity contribution is -0.246. The molecule has 4 fully saturated rings. The van der Waals surface area contributed by atoms with Crippen LogP contribution in [0.3, 0.4) is 0 Å². The second-order valence-corrected chi connectivity index (χ2v) is 12.7. The van der Waals surface area contributed by atoms with Gasteiger partial charge < -0.3 is 10.2 Å². The second-order valence-electron chi connectivity index (χ2n) is 12.7. The van der Waals surface area contributed by atoms with Crippen LogP contribution in [-0.2, 0) is 0 Å². The Balaban J connectivity index is 1.51. The van der Waals surface area contributed by atoms with E-state index in [-0.39, 0.29) is 5.41 Å². The van der Waals surface area contributed by atoms with Crippen molar-refractivity contribution >= 4 is 0 Å². The lowest BCUT2D eigenvalue weighted by Gasteiger charge is -2.64. The van der Waals surface area contributed by atoms with Crippen molar-refractivity contribution in [1.82, 2.24) is 0 Å². The Morgan fingerprint density at radius 3 is 2.34 bits per heavy atom. The van der Waals surface area contributed by atoms with Gasteiger partial charge in [0, 0.05) is 5.41 Å². The molecule has 0 saturated heterocycles. The van der Waals surface area contributed by atoms with Crippen molar-refractivity contribution in [3.63, 3.8) is 0 Å². The third kappa shape index (κ3) is 3.34. The summed E-state index contributed by atoms with van der Waals surface area (Å²) in [5.74, 6) is 4.82. The molecule has 0 aromatic carbocycles. The zero-order chi connectivity index (χ0) is 21.0. The summed E-state index contributed by atoms with van der Waals surface area (Å²) in [6.45, 7) is 12.2. The normalized spacial score (nSPS) is 50.7. The van der Waals surface area contributed by atoms with Crippen LogP contribution in [0.15, 0.2) is 0 Å². The highest BCUT2D eigenvalue weighted by Gasteiger charge is 2.65. The molecular formula is C27H48O2. The number of rotatable bonds is 5. The Hall–Kier alpha value is -0.0800. The molecule has 4 rings (SSSR count). The van der Waals surface area contributed by atoms with Crippen LogP contribution in [0, 0.1) is 46.3 Å². The average molecular weight is 405 g/mol. The summed E-state index contributed by atoms with van der Waals surface area (Å²) in [7, 11) is 0. The molecule has 0 aromatic heterocycles. The molecule has 9 atom stereocenters. The topological polar surface area (TPSA) is 40.5 Å². The summed E-state index contributed by atoms with van der Waals surface area (Å²) in [4.78, 5) is 0. The highest BCUT2D eigenvalue weighted by molar-refractivity contribution is 5.15. The molecule has 4 aliphatic rings. The predicted molar refractivity (Wildman–Crippen MR) is 121 cm³/mol. The molecule has 2 nitrogen and oxygen atoms in total. The Morgan fingerprint density at radius 2 is 1.62 bits per heavy atom. The van der Waals surface area contributed by atoms with Crippen molar-refractivity contribution in [3.8, 4) is 0 Å². The maximum atomic E-state index is 11.6. The number of hydrogen-bond donors (Lipinski definition) is 2. The van der Waals surface area contributed by atoms with E-state index < -0.39 is 11.7 Å². The van der Waals surface area contributed by atoms with Gasteiger partial charge in [-0.15, -0.1) is 0 Å². The van der Waals surface area contributed by atoms with Gasteiger partial charge in [-0.05, 0) is 92.3 Å². The van der Waals surface area contributed by atoms with E-state index >= 15 is 0 Å². The summed E-state index contributed by atoms with van der Waals surface area (Å²) >= 11 is 0. The summed E-state index contributed by atoms with van der Waals surface area (Å²) in [5.41, 5.74) is -0.393. The largest absolute Gasteiger partial charge is 0.390 e. The van der Waals surface area contributed by atoms with Gasteiger partial charge in [0.1, 0.15) is 0 Å². The van der Waals surface area contributed by atoms with Crippen molar-refractivity contribution in [2.45, 2.75) is 123 Å². The zero-order valence-electron chi connectivity index (χ0n) is 19.9. The first-order valence-electron chi connectivity index (χ1n) is 13.0. The molecule has 0 amide bonds. The van der Waals surface area contributed by atoms with E-state index in [1.54, 1.807) is 0 Å². The molecule has 0 radical (unpaired) electrons. The summed E-state index contributed by atoms with van der Waals surface area (Å²) in [6.07, 6.45) is 14.1. The summed E-state index contributed by atoms with van der Waals surface area (Å²) in [6, 6.07) is 0. The third-order valence-corrected chi connectivity index (χ3v) is 11.0. The smallest absolute Gasteiger partial charge is 0.0961 e.